The summed E-state index contributed by atoms with van der Waals surface area (Å²) in [6, 6.07) is 5.60. The molecule has 0 radical (unpaired) electrons. The van der Waals surface area contributed by atoms with Crippen LogP contribution in [0.25, 0.3) is 0 Å². The summed E-state index contributed by atoms with van der Waals surface area (Å²) in [6.07, 6.45) is 4.61. The third kappa shape index (κ3) is 4.02. The second kappa shape index (κ2) is 7.01. The molecule has 1 N–H and O–H groups in total. The Kier molecular flexibility index (Phi) is 5.34. The van der Waals surface area contributed by atoms with Crippen LogP contribution in [-0.2, 0) is 4.74 Å². The standard InChI is InChI=1S/C16H24FNO/c1-3-18-16(9-7-13-5-4-10-19-13)14-8-6-12(2)11-15(14)17/h6,8,11,13,16,18H,3-5,7,9-10H2,1-2H3. The molecule has 1 aliphatic rings. The van der Waals surface area contributed by atoms with Gasteiger partial charge in [-0.2, -0.15) is 0 Å². The molecule has 0 spiro atoms. The molecule has 106 valence electrons. The zero-order valence-electron chi connectivity index (χ0n) is 11.9. The molecular weight excluding hydrogens is 241 g/mol. The lowest BCUT2D eigenvalue weighted by atomic mass is 9.98. The van der Waals surface area contributed by atoms with Crippen molar-refractivity contribution in [1.29, 1.82) is 0 Å². The van der Waals surface area contributed by atoms with Crippen LogP contribution < -0.4 is 5.32 Å². The Bertz CT molecular complexity index is 402. The number of rotatable bonds is 6. The van der Waals surface area contributed by atoms with Crippen molar-refractivity contribution in [3.63, 3.8) is 0 Å². The molecule has 1 aromatic carbocycles. The summed E-state index contributed by atoms with van der Waals surface area (Å²) in [7, 11) is 0. The van der Waals surface area contributed by atoms with E-state index < -0.39 is 0 Å². The van der Waals surface area contributed by atoms with Crippen LogP contribution in [-0.4, -0.2) is 19.3 Å². The fourth-order valence-corrected chi connectivity index (χ4v) is 2.75. The normalized spacial score (nSPS) is 20.7. The van der Waals surface area contributed by atoms with Gasteiger partial charge in [0.1, 0.15) is 5.82 Å². The first-order valence-corrected chi connectivity index (χ1v) is 7.31. The lowest BCUT2D eigenvalue weighted by Crippen LogP contribution is -2.23. The minimum absolute atomic E-state index is 0.0924. The topological polar surface area (TPSA) is 21.3 Å². The van der Waals surface area contributed by atoms with Gasteiger partial charge in [-0.05, 0) is 50.8 Å². The molecule has 1 fully saturated rings. The van der Waals surface area contributed by atoms with Gasteiger partial charge in [0, 0.05) is 18.2 Å². The smallest absolute Gasteiger partial charge is 0.128 e. The van der Waals surface area contributed by atoms with Crippen LogP contribution in [0.15, 0.2) is 18.2 Å². The van der Waals surface area contributed by atoms with E-state index in [1.54, 1.807) is 6.07 Å². The Labute approximate surface area is 115 Å². The van der Waals surface area contributed by atoms with E-state index >= 15 is 0 Å². The van der Waals surface area contributed by atoms with Crippen LogP contribution in [0, 0.1) is 12.7 Å². The van der Waals surface area contributed by atoms with Gasteiger partial charge in [0.2, 0.25) is 0 Å². The Morgan fingerprint density at radius 3 is 2.95 bits per heavy atom. The SMILES string of the molecule is CCNC(CCC1CCCO1)c1ccc(C)cc1F. The molecule has 2 atom stereocenters. The van der Waals surface area contributed by atoms with Crippen molar-refractivity contribution in [3.05, 3.63) is 35.1 Å². The number of aryl methyl sites for hydroxylation is 1. The maximum absolute atomic E-state index is 14.1. The summed E-state index contributed by atoms with van der Waals surface area (Å²) in [6.45, 7) is 5.71. The Morgan fingerprint density at radius 1 is 1.47 bits per heavy atom. The predicted molar refractivity (Wildman–Crippen MR) is 75.8 cm³/mol. The lowest BCUT2D eigenvalue weighted by Gasteiger charge is -2.21. The number of nitrogens with one attached hydrogen (secondary N) is 1. The van der Waals surface area contributed by atoms with Crippen LogP contribution in [0.5, 0.6) is 0 Å². The van der Waals surface area contributed by atoms with Crippen LogP contribution in [0.4, 0.5) is 4.39 Å². The molecular formula is C16H24FNO. The maximum Gasteiger partial charge on any atom is 0.128 e. The minimum Gasteiger partial charge on any atom is -0.378 e. The van der Waals surface area contributed by atoms with Gasteiger partial charge in [-0.15, -0.1) is 0 Å². The van der Waals surface area contributed by atoms with E-state index in [2.05, 4.69) is 12.2 Å². The number of ether oxygens (including phenoxy) is 1. The van der Waals surface area contributed by atoms with Crippen LogP contribution in [0.1, 0.15) is 49.8 Å². The summed E-state index contributed by atoms with van der Waals surface area (Å²) in [4.78, 5) is 0. The molecule has 1 saturated heterocycles. The summed E-state index contributed by atoms with van der Waals surface area (Å²) in [5.41, 5.74) is 1.75. The van der Waals surface area contributed by atoms with Crippen LogP contribution in [0.3, 0.4) is 0 Å². The van der Waals surface area contributed by atoms with Crippen molar-refractivity contribution in [2.24, 2.45) is 0 Å². The first-order chi connectivity index (χ1) is 9.20. The van der Waals surface area contributed by atoms with Crippen molar-refractivity contribution >= 4 is 0 Å². The lowest BCUT2D eigenvalue weighted by molar-refractivity contribution is 0.0995. The highest BCUT2D eigenvalue weighted by Gasteiger charge is 2.20. The zero-order valence-corrected chi connectivity index (χ0v) is 11.9. The van der Waals surface area contributed by atoms with Gasteiger partial charge in [-0.3, -0.25) is 0 Å². The molecule has 2 unspecified atom stereocenters. The average molecular weight is 265 g/mol. The van der Waals surface area contributed by atoms with Crippen LogP contribution in [0.2, 0.25) is 0 Å². The van der Waals surface area contributed by atoms with E-state index in [-0.39, 0.29) is 11.9 Å². The summed E-state index contributed by atoms with van der Waals surface area (Å²) < 4.78 is 19.7. The molecule has 1 aromatic rings. The third-order valence-corrected chi connectivity index (χ3v) is 3.78. The molecule has 0 amide bonds. The number of hydrogen-bond acceptors (Lipinski definition) is 2. The minimum atomic E-state index is -0.0988. The van der Waals surface area contributed by atoms with E-state index in [4.69, 9.17) is 4.74 Å². The maximum atomic E-state index is 14.1. The van der Waals surface area contributed by atoms with Crippen molar-refractivity contribution in [2.45, 2.75) is 51.7 Å². The van der Waals surface area contributed by atoms with Gasteiger partial charge in [0.25, 0.3) is 0 Å². The van der Waals surface area contributed by atoms with Gasteiger partial charge in [-0.1, -0.05) is 19.1 Å². The molecule has 0 bridgehead atoms. The molecule has 1 aliphatic heterocycles. The highest BCUT2D eigenvalue weighted by Crippen LogP contribution is 2.26. The molecule has 1 heterocycles. The van der Waals surface area contributed by atoms with Gasteiger partial charge in [0.15, 0.2) is 0 Å². The fraction of sp³-hybridized carbons (Fsp3) is 0.625. The van der Waals surface area contributed by atoms with Crippen molar-refractivity contribution in [3.8, 4) is 0 Å². The number of halogens is 1. The summed E-state index contributed by atoms with van der Waals surface area (Å²) in [5, 5.41) is 3.39. The molecule has 0 aliphatic carbocycles. The molecule has 0 aromatic heterocycles. The van der Waals surface area contributed by atoms with Gasteiger partial charge >= 0.3 is 0 Å². The Balaban J connectivity index is 2.01. The zero-order chi connectivity index (χ0) is 13.7. The predicted octanol–water partition coefficient (Wildman–Crippen LogP) is 3.74. The summed E-state index contributed by atoms with van der Waals surface area (Å²) in [5.74, 6) is -0.0988. The monoisotopic (exact) mass is 265 g/mol. The van der Waals surface area contributed by atoms with Crippen molar-refractivity contribution < 1.29 is 9.13 Å². The average Bonchev–Trinajstić information content (AvgIpc) is 2.88. The van der Waals surface area contributed by atoms with Gasteiger partial charge in [0.05, 0.1) is 6.10 Å². The Morgan fingerprint density at radius 2 is 2.32 bits per heavy atom. The van der Waals surface area contributed by atoms with Gasteiger partial charge in [-0.25, -0.2) is 4.39 Å². The van der Waals surface area contributed by atoms with E-state index in [0.717, 1.165) is 50.0 Å². The molecule has 2 nitrogen and oxygen atoms in total. The first kappa shape index (κ1) is 14.5. The second-order valence-corrected chi connectivity index (χ2v) is 5.35. The number of hydrogen-bond donors (Lipinski definition) is 1. The van der Waals surface area contributed by atoms with Crippen LogP contribution >= 0.6 is 0 Å². The molecule has 3 heteroatoms. The highest BCUT2D eigenvalue weighted by molar-refractivity contribution is 5.26. The van der Waals surface area contributed by atoms with Gasteiger partial charge < -0.3 is 10.1 Å². The van der Waals surface area contributed by atoms with E-state index in [1.165, 1.54) is 0 Å². The molecule has 0 saturated carbocycles. The van der Waals surface area contributed by atoms with Crippen molar-refractivity contribution in [2.75, 3.05) is 13.2 Å². The second-order valence-electron chi connectivity index (χ2n) is 5.35. The third-order valence-electron chi connectivity index (χ3n) is 3.78. The quantitative estimate of drug-likeness (QED) is 0.846. The fourth-order valence-electron chi connectivity index (χ4n) is 2.75. The number of benzene rings is 1. The van der Waals surface area contributed by atoms with E-state index in [0.29, 0.717) is 6.10 Å². The summed E-state index contributed by atoms with van der Waals surface area (Å²) >= 11 is 0. The van der Waals surface area contributed by atoms with E-state index in [1.807, 2.05) is 19.1 Å². The Hall–Kier alpha value is -0.930. The highest BCUT2D eigenvalue weighted by atomic mass is 19.1. The van der Waals surface area contributed by atoms with E-state index in [9.17, 15) is 4.39 Å². The molecule has 19 heavy (non-hydrogen) atoms. The van der Waals surface area contributed by atoms with Crippen molar-refractivity contribution in [1.82, 2.24) is 5.32 Å². The first-order valence-electron chi connectivity index (χ1n) is 7.31. The molecule has 2 rings (SSSR count). The largest absolute Gasteiger partial charge is 0.378 e.